The van der Waals surface area contributed by atoms with Crippen molar-refractivity contribution in [3.8, 4) is 0 Å². The van der Waals surface area contributed by atoms with E-state index in [4.69, 9.17) is 10.2 Å². The summed E-state index contributed by atoms with van der Waals surface area (Å²) in [7, 11) is 0. The van der Waals surface area contributed by atoms with Crippen LogP contribution >= 0.6 is 0 Å². The summed E-state index contributed by atoms with van der Waals surface area (Å²) in [5.74, 6) is -3.42. The molecular formula is C9H13NO5. The normalized spacial score (nSPS) is 12.7. The lowest BCUT2D eigenvalue weighted by Gasteiger charge is -2.16. The van der Waals surface area contributed by atoms with Crippen molar-refractivity contribution in [2.45, 2.75) is 19.9 Å². The number of carbonyl (C=O) groups excluding carboxylic acids is 1. The zero-order valence-electron chi connectivity index (χ0n) is 8.43. The van der Waals surface area contributed by atoms with Gasteiger partial charge in [0.15, 0.2) is 0 Å². The van der Waals surface area contributed by atoms with E-state index in [2.05, 4.69) is 5.32 Å². The van der Waals surface area contributed by atoms with Crippen molar-refractivity contribution in [3.63, 3.8) is 0 Å². The van der Waals surface area contributed by atoms with E-state index in [1.807, 2.05) is 0 Å². The van der Waals surface area contributed by atoms with Crippen LogP contribution in [0.5, 0.6) is 0 Å². The lowest BCUT2D eigenvalue weighted by atomic mass is 10.1. The van der Waals surface area contributed by atoms with E-state index in [1.54, 1.807) is 13.8 Å². The van der Waals surface area contributed by atoms with Gasteiger partial charge in [-0.1, -0.05) is 13.8 Å². The van der Waals surface area contributed by atoms with Crippen LogP contribution in [0.15, 0.2) is 12.2 Å². The van der Waals surface area contributed by atoms with E-state index in [0.29, 0.717) is 6.08 Å². The van der Waals surface area contributed by atoms with Crippen molar-refractivity contribution < 1.29 is 24.6 Å². The van der Waals surface area contributed by atoms with Crippen molar-refractivity contribution in [1.82, 2.24) is 5.32 Å². The number of carbonyl (C=O) groups is 3. The first kappa shape index (κ1) is 13.2. The average molecular weight is 215 g/mol. The molecule has 0 rings (SSSR count). The molecule has 0 aliphatic carbocycles. The van der Waals surface area contributed by atoms with Crippen LogP contribution in [0, 0.1) is 5.92 Å². The highest BCUT2D eigenvalue weighted by Gasteiger charge is 2.22. The van der Waals surface area contributed by atoms with Gasteiger partial charge >= 0.3 is 11.9 Å². The van der Waals surface area contributed by atoms with E-state index < -0.39 is 23.9 Å². The number of hydrogen-bond acceptors (Lipinski definition) is 3. The third kappa shape index (κ3) is 5.45. The number of aliphatic carboxylic acids is 2. The first-order chi connectivity index (χ1) is 6.84. The van der Waals surface area contributed by atoms with Crippen LogP contribution in [-0.4, -0.2) is 34.1 Å². The van der Waals surface area contributed by atoms with Crippen LogP contribution in [0.3, 0.4) is 0 Å². The van der Waals surface area contributed by atoms with Crippen LogP contribution in [0.2, 0.25) is 0 Å². The monoisotopic (exact) mass is 215 g/mol. The van der Waals surface area contributed by atoms with E-state index in [0.717, 1.165) is 6.08 Å². The van der Waals surface area contributed by atoms with E-state index in [9.17, 15) is 14.4 Å². The first-order valence-corrected chi connectivity index (χ1v) is 4.29. The van der Waals surface area contributed by atoms with Crippen LogP contribution < -0.4 is 5.32 Å². The fraction of sp³-hybridized carbons (Fsp3) is 0.444. The Labute approximate surface area is 86.6 Å². The summed E-state index contributed by atoms with van der Waals surface area (Å²) < 4.78 is 0. The minimum absolute atomic E-state index is 0.273. The smallest absolute Gasteiger partial charge is 0.328 e. The van der Waals surface area contributed by atoms with Gasteiger partial charge in [0.25, 0.3) is 0 Å². The summed E-state index contributed by atoms with van der Waals surface area (Å²) in [6.07, 6.45) is 1.43. The molecule has 0 spiro atoms. The molecule has 0 saturated heterocycles. The summed E-state index contributed by atoms with van der Waals surface area (Å²) in [6, 6.07) is -1.02. The van der Waals surface area contributed by atoms with Gasteiger partial charge in [-0.2, -0.15) is 0 Å². The van der Waals surface area contributed by atoms with Gasteiger partial charge in [-0.3, -0.25) is 4.79 Å². The van der Waals surface area contributed by atoms with Gasteiger partial charge in [-0.05, 0) is 5.92 Å². The largest absolute Gasteiger partial charge is 0.480 e. The Kier molecular flexibility index (Phi) is 5.08. The molecule has 6 heteroatoms. The summed E-state index contributed by atoms with van der Waals surface area (Å²) in [5.41, 5.74) is 0. The van der Waals surface area contributed by atoms with Crippen LogP contribution in [0.4, 0.5) is 0 Å². The van der Waals surface area contributed by atoms with Crippen LogP contribution in [-0.2, 0) is 14.4 Å². The van der Waals surface area contributed by atoms with Crippen molar-refractivity contribution >= 4 is 17.8 Å². The Bertz CT molecular complexity index is 295. The minimum atomic E-state index is -1.26. The second-order valence-corrected chi connectivity index (χ2v) is 3.24. The van der Waals surface area contributed by atoms with Crippen molar-refractivity contribution in [2.75, 3.05) is 0 Å². The number of rotatable bonds is 5. The topological polar surface area (TPSA) is 104 Å². The fourth-order valence-electron chi connectivity index (χ4n) is 0.862. The molecule has 0 radical (unpaired) electrons. The molecule has 15 heavy (non-hydrogen) atoms. The Morgan fingerprint density at radius 2 is 1.67 bits per heavy atom. The average Bonchev–Trinajstić information content (AvgIpc) is 2.09. The Morgan fingerprint density at radius 3 is 2.00 bits per heavy atom. The molecule has 0 aliphatic heterocycles. The Hall–Kier alpha value is -1.85. The molecule has 0 bridgehead atoms. The molecule has 84 valence electrons. The minimum Gasteiger partial charge on any atom is -0.480 e. The van der Waals surface area contributed by atoms with Crippen molar-refractivity contribution in [2.24, 2.45) is 5.92 Å². The number of amides is 1. The molecule has 0 aromatic rings. The summed E-state index contributed by atoms with van der Waals surface area (Å²) in [5, 5.41) is 19.1. The maximum absolute atomic E-state index is 11.0. The van der Waals surface area contributed by atoms with Gasteiger partial charge < -0.3 is 15.5 Å². The number of hydrogen-bond donors (Lipinski definition) is 3. The van der Waals surface area contributed by atoms with Crippen LogP contribution in [0.1, 0.15) is 13.8 Å². The number of carboxylic acid groups (broad SMARTS) is 2. The lowest BCUT2D eigenvalue weighted by molar-refractivity contribution is -0.142. The molecule has 3 N–H and O–H groups in total. The molecule has 0 aliphatic rings. The van der Waals surface area contributed by atoms with Gasteiger partial charge in [0.1, 0.15) is 6.04 Å². The third-order valence-corrected chi connectivity index (χ3v) is 1.61. The highest BCUT2D eigenvalue weighted by molar-refractivity contribution is 5.95. The molecule has 0 saturated carbocycles. The second-order valence-electron chi connectivity index (χ2n) is 3.24. The molecule has 0 aromatic carbocycles. The molecule has 0 heterocycles. The lowest BCUT2D eigenvalue weighted by Crippen LogP contribution is -2.43. The maximum atomic E-state index is 11.0. The maximum Gasteiger partial charge on any atom is 0.328 e. The molecule has 1 unspecified atom stereocenters. The summed E-state index contributed by atoms with van der Waals surface area (Å²) in [6.45, 7) is 3.28. The number of carboxylic acids is 2. The highest BCUT2D eigenvalue weighted by Crippen LogP contribution is 2.01. The zero-order valence-corrected chi connectivity index (χ0v) is 8.43. The van der Waals surface area contributed by atoms with E-state index in [1.165, 1.54) is 0 Å². The highest BCUT2D eigenvalue weighted by atomic mass is 16.4. The molecule has 1 amide bonds. The molecule has 1 atom stereocenters. The standard InChI is InChI=1S/C9H13NO5/c1-5(2)8(9(14)15)10-6(11)3-4-7(12)13/h3-5,8H,1-2H3,(H,10,11)(H,12,13)(H,14,15). The summed E-state index contributed by atoms with van der Waals surface area (Å²) in [4.78, 5) is 31.8. The van der Waals surface area contributed by atoms with Crippen molar-refractivity contribution in [1.29, 1.82) is 0 Å². The van der Waals surface area contributed by atoms with E-state index in [-0.39, 0.29) is 5.92 Å². The molecule has 0 aromatic heterocycles. The Morgan fingerprint density at radius 1 is 1.13 bits per heavy atom. The molecule has 6 nitrogen and oxygen atoms in total. The molecular weight excluding hydrogens is 202 g/mol. The van der Waals surface area contributed by atoms with Crippen molar-refractivity contribution in [3.05, 3.63) is 12.2 Å². The second kappa shape index (κ2) is 5.79. The van der Waals surface area contributed by atoms with Gasteiger partial charge in [0.2, 0.25) is 5.91 Å². The van der Waals surface area contributed by atoms with Gasteiger partial charge in [0.05, 0.1) is 0 Å². The third-order valence-electron chi connectivity index (χ3n) is 1.61. The van der Waals surface area contributed by atoms with Gasteiger partial charge in [-0.25, -0.2) is 9.59 Å². The van der Waals surface area contributed by atoms with Crippen LogP contribution in [0.25, 0.3) is 0 Å². The number of nitrogens with one attached hydrogen (secondary N) is 1. The van der Waals surface area contributed by atoms with E-state index >= 15 is 0 Å². The predicted molar refractivity (Wildman–Crippen MR) is 51.2 cm³/mol. The first-order valence-electron chi connectivity index (χ1n) is 4.29. The fourth-order valence-corrected chi connectivity index (χ4v) is 0.862. The van der Waals surface area contributed by atoms with Gasteiger partial charge in [-0.15, -0.1) is 0 Å². The zero-order chi connectivity index (χ0) is 12.0. The summed E-state index contributed by atoms with van der Waals surface area (Å²) >= 11 is 0. The molecule has 0 fully saturated rings. The quantitative estimate of drug-likeness (QED) is 0.553. The predicted octanol–water partition coefficient (Wildman–Crippen LogP) is -0.147. The SMILES string of the molecule is CC(C)C(NC(=O)C=CC(=O)O)C(=O)O. The Balaban J connectivity index is 4.37. The van der Waals surface area contributed by atoms with Gasteiger partial charge in [0, 0.05) is 12.2 Å².